The minimum absolute atomic E-state index is 0.123. The molecule has 0 amide bonds. The molecule has 0 fully saturated rings. The molecular weight excluding hydrogens is 369 g/mol. The first kappa shape index (κ1) is 19.1. The highest BCUT2D eigenvalue weighted by Gasteiger charge is 2.23. The van der Waals surface area contributed by atoms with Crippen molar-refractivity contribution in [1.82, 2.24) is 15.0 Å². The van der Waals surface area contributed by atoms with Crippen LogP contribution in [0.25, 0.3) is 0 Å². The van der Waals surface area contributed by atoms with Crippen molar-refractivity contribution in [3.63, 3.8) is 0 Å². The van der Waals surface area contributed by atoms with E-state index >= 15 is 0 Å². The summed E-state index contributed by atoms with van der Waals surface area (Å²) in [5.41, 5.74) is 4.06. The van der Waals surface area contributed by atoms with Crippen LogP contribution in [0.4, 0.5) is 16.0 Å². The van der Waals surface area contributed by atoms with Crippen LogP contribution in [0.15, 0.2) is 42.9 Å². The minimum Gasteiger partial charge on any atom is -0.494 e. The molecule has 3 aromatic rings. The zero-order valence-electron chi connectivity index (χ0n) is 16.8. The summed E-state index contributed by atoms with van der Waals surface area (Å²) in [6.45, 7) is 5.55. The van der Waals surface area contributed by atoms with Crippen molar-refractivity contribution in [1.29, 1.82) is 0 Å². The molecule has 0 aliphatic carbocycles. The lowest BCUT2D eigenvalue weighted by Crippen LogP contribution is -2.32. The molecule has 1 atom stereocenters. The Morgan fingerprint density at radius 3 is 2.76 bits per heavy atom. The van der Waals surface area contributed by atoms with E-state index in [9.17, 15) is 4.39 Å². The van der Waals surface area contributed by atoms with Crippen LogP contribution in [0.5, 0.6) is 5.75 Å². The first-order valence-corrected chi connectivity index (χ1v) is 9.65. The van der Waals surface area contributed by atoms with Crippen LogP contribution in [0, 0.1) is 12.7 Å². The highest BCUT2D eigenvalue weighted by molar-refractivity contribution is 5.53. The van der Waals surface area contributed by atoms with Gasteiger partial charge in [0.25, 0.3) is 0 Å². The first-order chi connectivity index (χ1) is 14.0. The third kappa shape index (κ3) is 3.99. The molecule has 0 saturated carbocycles. The quantitative estimate of drug-likeness (QED) is 0.705. The Balaban J connectivity index is 1.57. The van der Waals surface area contributed by atoms with E-state index < -0.39 is 0 Å². The smallest absolute Gasteiger partial charge is 0.165 e. The fraction of sp³-hybridized carbons (Fsp3) is 0.318. The lowest BCUT2D eigenvalue weighted by Gasteiger charge is -2.30. The van der Waals surface area contributed by atoms with Gasteiger partial charge in [0.05, 0.1) is 18.8 Å². The lowest BCUT2D eigenvalue weighted by atomic mass is 10.0. The number of aryl methyl sites for hydroxylation is 1. The number of hydrogen-bond acceptors (Lipinski definition) is 6. The molecule has 150 valence electrons. The number of nitrogens with zero attached hydrogens (tertiary/aromatic N) is 4. The van der Waals surface area contributed by atoms with E-state index in [1.807, 2.05) is 32.2 Å². The number of nitrogens with one attached hydrogen (secondary N) is 1. The van der Waals surface area contributed by atoms with Gasteiger partial charge in [-0.15, -0.1) is 0 Å². The van der Waals surface area contributed by atoms with Gasteiger partial charge in [0.15, 0.2) is 11.6 Å². The van der Waals surface area contributed by atoms with Crippen molar-refractivity contribution >= 4 is 11.6 Å². The molecule has 1 N–H and O–H groups in total. The van der Waals surface area contributed by atoms with Gasteiger partial charge in [-0.3, -0.25) is 0 Å². The van der Waals surface area contributed by atoms with E-state index in [0.717, 1.165) is 47.0 Å². The number of pyridine rings is 1. The van der Waals surface area contributed by atoms with Gasteiger partial charge in [-0.1, -0.05) is 12.1 Å². The maximum Gasteiger partial charge on any atom is 0.165 e. The summed E-state index contributed by atoms with van der Waals surface area (Å²) in [7, 11) is 1.46. The largest absolute Gasteiger partial charge is 0.494 e. The van der Waals surface area contributed by atoms with Crippen LogP contribution < -0.4 is 15.0 Å². The first-order valence-electron chi connectivity index (χ1n) is 9.65. The normalized spacial score (nSPS) is 14.3. The van der Waals surface area contributed by atoms with Gasteiger partial charge in [0, 0.05) is 31.3 Å². The van der Waals surface area contributed by atoms with Crippen molar-refractivity contribution in [3.8, 4) is 5.75 Å². The number of fused-ring (bicyclic) bond motifs is 1. The zero-order chi connectivity index (χ0) is 20.4. The molecule has 1 aromatic carbocycles. The molecule has 1 aliphatic heterocycles. The summed E-state index contributed by atoms with van der Waals surface area (Å²) < 4.78 is 19.1. The molecule has 0 radical (unpaired) electrons. The minimum atomic E-state index is -0.375. The Labute approximate surface area is 169 Å². The Morgan fingerprint density at radius 1 is 1.17 bits per heavy atom. The number of rotatable bonds is 5. The van der Waals surface area contributed by atoms with Crippen LogP contribution in [-0.2, 0) is 13.0 Å². The molecule has 7 heteroatoms. The summed E-state index contributed by atoms with van der Waals surface area (Å²) in [4.78, 5) is 15.7. The van der Waals surface area contributed by atoms with Crippen molar-refractivity contribution in [3.05, 3.63) is 71.1 Å². The number of halogens is 1. The average Bonchev–Trinajstić information content (AvgIpc) is 2.74. The molecular formula is C22H24FN5O. The van der Waals surface area contributed by atoms with E-state index in [-0.39, 0.29) is 17.6 Å². The van der Waals surface area contributed by atoms with E-state index in [1.165, 1.54) is 13.2 Å². The predicted octanol–water partition coefficient (Wildman–Crippen LogP) is 4.06. The number of benzene rings is 1. The fourth-order valence-electron chi connectivity index (χ4n) is 3.55. The summed E-state index contributed by atoms with van der Waals surface area (Å²) >= 11 is 0. The van der Waals surface area contributed by atoms with Gasteiger partial charge in [-0.2, -0.15) is 0 Å². The number of ether oxygens (including phenoxy) is 1. The Bertz CT molecular complexity index is 1010. The summed E-state index contributed by atoms with van der Waals surface area (Å²) in [5, 5.41) is 3.43. The molecule has 29 heavy (non-hydrogen) atoms. The Morgan fingerprint density at radius 2 is 2.03 bits per heavy atom. The van der Waals surface area contributed by atoms with Gasteiger partial charge in [0.2, 0.25) is 0 Å². The van der Waals surface area contributed by atoms with Crippen LogP contribution >= 0.6 is 0 Å². The van der Waals surface area contributed by atoms with Crippen molar-refractivity contribution in [2.24, 2.45) is 0 Å². The van der Waals surface area contributed by atoms with Gasteiger partial charge in [0.1, 0.15) is 18.0 Å². The standard InChI is InChI=1S/C22H24FN5O/c1-14-4-7-21(24-11-14)28-9-8-19-17(12-28)22(26-13-25-19)27-15(2)16-5-6-20(29-3)18(23)10-16/h4-7,10-11,13,15H,8-9,12H2,1-3H3,(H,25,26,27). The van der Waals surface area contributed by atoms with Gasteiger partial charge in [-0.25, -0.2) is 19.3 Å². The lowest BCUT2D eigenvalue weighted by molar-refractivity contribution is 0.386. The highest BCUT2D eigenvalue weighted by Crippen LogP contribution is 2.29. The second-order valence-corrected chi connectivity index (χ2v) is 7.27. The third-order valence-electron chi connectivity index (χ3n) is 5.25. The molecule has 4 rings (SSSR count). The van der Waals surface area contributed by atoms with E-state index in [4.69, 9.17) is 4.74 Å². The molecule has 0 spiro atoms. The van der Waals surface area contributed by atoms with Crippen molar-refractivity contribution in [2.45, 2.75) is 32.9 Å². The highest BCUT2D eigenvalue weighted by atomic mass is 19.1. The molecule has 2 aromatic heterocycles. The summed E-state index contributed by atoms with van der Waals surface area (Å²) in [6.07, 6.45) is 4.29. The number of methoxy groups -OCH3 is 1. The zero-order valence-corrected chi connectivity index (χ0v) is 16.8. The Kier molecular flexibility index (Phi) is 5.29. The molecule has 3 heterocycles. The maximum absolute atomic E-state index is 14.1. The van der Waals surface area contributed by atoms with Gasteiger partial charge < -0.3 is 15.0 Å². The van der Waals surface area contributed by atoms with Crippen molar-refractivity contribution in [2.75, 3.05) is 23.9 Å². The van der Waals surface area contributed by atoms with Crippen molar-refractivity contribution < 1.29 is 9.13 Å². The van der Waals surface area contributed by atoms with Crippen LogP contribution in [0.1, 0.15) is 35.3 Å². The van der Waals surface area contributed by atoms with Crippen LogP contribution in [0.3, 0.4) is 0 Å². The summed E-state index contributed by atoms with van der Waals surface area (Å²) in [6, 6.07) is 8.98. The number of anilines is 2. The van der Waals surface area contributed by atoms with Crippen LogP contribution in [0.2, 0.25) is 0 Å². The SMILES string of the molecule is COc1ccc(C(C)Nc2ncnc3c2CN(c2ccc(C)cn2)CC3)cc1F. The predicted molar refractivity (Wildman–Crippen MR) is 111 cm³/mol. The average molecular weight is 393 g/mol. The molecule has 6 nitrogen and oxygen atoms in total. The molecule has 1 unspecified atom stereocenters. The van der Waals surface area contributed by atoms with Gasteiger partial charge >= 0.3 is 0 Å². The molecule has 1 aliphatic rings. The topological polar surface area (TPSA) is 63.2 Å². The Hall–Kier alpha value is -3.22. The number of aromatic nitrogens is 3. The van der Waals surface area contributed by atoms with Gasteiger partial charge in [-0.05, 0) is 43.2 Å². The second-order valence-electron chi connectivity index (χ2n) is 7.27. The maximum atomic E-state index is 14.1. The molecule has 0 bridgehead atoms. The van der Waals surface area contributed by atoms with E-state index in [1.54, 1.807) is 12.4 Å². The fourth-order valence-corrected chi connectivity index (χ4v) is 3.55. The van der Waals surface area contributed by atoms with E-state index in [0.29, 0.717) is 6.54 Å². The monoisotopic (exact) mass is 393 g/mol. The number of hydrogen-bond donors (Lipinski definition) is 1. The third-order valence-corrected chi connectivity index (χ3v) is 5.25. The molecule has 0 saturated heterocycles. The van der Waals surface area contributed by atoms with Crippen LogP contribution in [-0.4, -0.2) is 28.6 Å². The second kappa shape index (κ2) is 8.03. The summed E-state index contributed by atoms with van der Waals surface area (Å²) in [5.74, 6) is 1.58. The van der Waals surface area contributed by atoms with E-state index in [2.05, 4.69) is 31.2 Å².